The zero-order valence-electron chi connectivity index (χ0n) is 11.1. The van der Waals surface area contributed by atoms with E-state index >= 15 is 0 Å². The molecule has 2 atom stereocenters. The summed E-state index contributed by atoms with van der Waals surface area (Å²) >= 11 is 0. The molecular formula is C13H23NO4. The van der Waals surface area contributed by atoms with Gasteiger partial charge in [-0.1, -0.05) is 12.8 Å². The lowest BCUT2D eigenvalue weighted by Gasteiger charge is -2.28. The third-order valence-corrected chi connectivity index (χ3v) is 3.61. The molecule has 1 saturated carbocycles. The molecule has 0 aromatic rings. The highest BCUT2D eigenvalue weighted by Gasteiger charge is 2.30. The Hall–Kier alpha value is -1.10. The van der Waals surface area contributed by atoms with Gasteiger partial charge in [0.1, 0.15) is 0 Å². The van der Waals surface area contributed by atoms with Gasteiger partial charge in [0.25, 0.3) is 0 Å². The molecule has 0 aromatic carbocycles. The summed E-state index contributed by atoms with van der Waals surface area (Å²) < 4.78 is 0. The van der Waals surface area contributed by atoms with Crippen LogP contribution in [-0.4, -0.2) is 34.7 Å². The summed E-state index contributed by atoms with van der Waals surface area (Å²) in [5.74, 6) is -1.13. The summed E-state index contributed by atoms with van der Waals surface area (Å²) in [6, 6.07) is 0. The Balaban J connectivity index is 2.35. The Morgan fingerprint density at radius 3 is 2.44 bits per heavy atom. The topological polar surface area (TPSA) is 86.6 Å². The van der Waals surface area contributed by atoms with E-state index in [-0.39, 0.29) is 24.3 Å². The van der Waals surface area contributed by atoms with Crippen LogP contribution < -0.4 is 5.32 Å². The molecule has 1 aliphatic rings. The molecule has 0 heterocycles. The number of nitrogens with one attached hydrogen (secondary N) is 1. The highest BCUT2D eigenvalue weighted by atomic mass is 16.4. The summed E-state index contributed by atoms with van der Waals surface area (Å²) in [5.41, 5.74) is -1.05. The lowest BCUT2D eigenvalue weighted by molar-refractivity contribution is -0.149. The molecule has 1 amide bonds. The first-order valence-electron chi connectivity index (χ1n) is 6.51. The predicted octanol–water partition coefficient (Wildman–Crippen LogP) is 1.15. The first-order chi connectivity index (χ1) is 8.33. The van der Waals surface area contributed by atoms with Gasteiger partial charge in [0.05, 0.1) is 11.5 Å². The van der Waals surface area contributed by atoms with Crippen LogP contribution in [-0.2, 0) is 9.59 Å². The van der Waals surface area contributed by atoms with Crippen molar-refractivity contribution >= 4 is 11.9 Å². The smallest absolute Gasteiger partial charge is 0.309 e. The van der Waals surface area contributed by atoms with Gasteiger partial charge in [0.15, 0.2) is 0 Å². The van der Waals surface area contributed by atoms with Gasteiger partial charge >= 0.3 is 5.97 Å². The number of rotatable bonds is 5. The highest BCUT2D eigenvalue weighted by molar-refractivity contribution is 5.84. The number of aliphatic hydroxyl groups excluding tert-OH is 1. The average molecular weight is 257 g/mol. The first kappa shape index (κ1) is 15.0. The normalized spacial score (nSPS) is 24.6. The number of carbonyl (C=O) groups is 2. The molecule has 0 aliphatic heterocycles. The van der Waals surface area contributed by atoms with E-state index in [2.05, 4.69) is 5.32 Å². The third-order valence-electron chi connectivity index (χ3n) is 3.61. The predicted molar refractivity (Wildman–Crippen MR) is 67.0 cm³/mol. The van der Waals surface area contributed by atoms with Crippen molar-refractivity contribution in [3.63, 3.8) is 0 Å². The molecule has 1 fully saturated rings. The Morgan fingerprint density at radius 2 is 1.89 bits per heavy atom. The molecule has 1 aliphatic carbocycles. The summed E-state index contributed by atoms with van der Waals surface area (Å²) in [5, 5.41) is 21.4. The fourth-order valence-electron chi connectivity index (χ4n) is 2.21. The van der Waals surface area contributed by atoms with Crippen molar-refractivity contribution in [2.75, 3.05) is 6.54 Å². The van der Waals surface area contributed by atoms with Crippen LogP contribution in [0.1, 0.15) is 46.0 Å². The van der Waals surface area contributed by atoms with Gasteiger partial charge in [-0.05, 0) is 26.7 Å². The number of hydrogen-bond donors (Lipinski definition) is 3. The molecule has 0 bridgehead atoms. The zero-order chi connectivity index (χ0) is 13.8. The SMILES string of the molecule is CC(C)(CC(=O)NCC1CCCCC1O)C(=O)O. The van der Waals surface area contributed by atoms with Crippen molar-refractivity contribution in [3.8, 4) is 0 Å². The van der Waals surface area contributed by atoms with Gasteiger partial charge in [0.2, 0.25) is 5.91 Å². The lowest BCUT2D eigenvalue weighted by atomic mass is 9.86. The van der Waals surface area contributed by atoms with E-state index in [4.69, 9.17) is 5.11 Å². The molecule has 0 aromatic heterocycles. The van der Waals surface area contributed by atoms with Crippen molar-refractivity contribution in [3.05, 3.63) is 0 Å². The Kier molecular flexibility index (Phi) is 5.14. The molecule has 18 heavy (non-hydrogen) atoms. The number of hydrogen-bond acceptors (Lipinski definition) is 3. The number of aliphatic hydroxyl groups is 1. The largest absolute Gasteiger partial charge is 0.481 e. The second kappa shape index (κ2) is 6.18. The van der Waals surface area contributed by atoms with Gasteiger partial charge in [0, 0.05) is 18.9 Å². The van der Waals surface area contributed by atoms with Gasteiger partial charge in [-0.15, -0.1) is 0 Å². The second-order valence-corrected chi connectivity index (χ2v) is 5.78. The Bertz CT molecular complexity index is 314. The number of amides is 1. The Labute approximate surface area is 108 Å². The number of carboxylic acids is 1. The maximum absolute atomic E-state index is 11.7. The van der Waals surface area contributed by atoms with Gasteiger partial charge in [-0.3, -0.25) is 9.59 Å². The zero-order valence-corrected chi connectivity index (χ0v) is 11.1. The minimum absolute atomic E-state index is 0.0366. The van der Waals surface area contributed by atoms with Crippen LogP contribution >= 0.6 is 0 Å². The van der Waals surface area contributed by atoms with Gasteiger partial charge in [-0.2, -0.15) is 0 Å². The van der Waals surface area contributed by atoms with E-state index in [1.807, 2.05) is 0 Å². The lowest BCUT2D eigenvalue weighted by Crippen LogP contribution is -2.39. The van der Waals surface area contributed by atoms with E-state index in [1.54, 1.807) is 0 Å². The molecule has 1 rings (SSSR count). The highest BCUT2D eigenvalue weighted by Crippen LogP contribution is 2.24. The Morgan fingerprint density at radius 1 is 1.28 bits per heavy atom. The van der Waals surface area contributed by atoms with Crippen LogP contribution in [0.5, 0.6) is 0 Å². The molecule has 0 saturated heterocycles. The van der Waals surface area contributed by atoms with E-state index in [0.29, 0.717) is 6.54 Å². The monoisotopic (exact) mass is 257 g/mol. The van der Waals surface area contributed by atoms with Crippen molar-refractivity contribution < 1.29 is 19.8 Å². The number of carbonyl (C=O) groups excluding carboxylic acids is 1. The maximum Gasteiger partial charge on any atom is 0.309 e. The summed E-state index contributed by atoms with van der Waals surface area (Å²) in [6.45, 7) is 3.50. The molecule has 104 valence electrons. The quantitative estimate of drug-likeness (QED) is 0.689. The maximum atomic E-state index is 11.7. The molecule has 5 heteroatoms. The molecule has 0 spiro atoms. The molecule has 5 nitrogen and oxygen atoms in total. The third kappa shape index (κ3) is 4.29. The van der Waals surface area contributed by atoms with Crippen LogP contribution in [0.3, 0.4) is 0 Å². The van der Waals surface area contributed by atoms with Crippen LogP contribution in [0.4, 0.5) is 0 Å². The number of aliphatic carboxylic acids is 1. The number of carboxylic acid groups (broad SMARTS) is 1. The van der Waals surface area contributed by atoms with Crippen molar-refractivity contribution in [1.82, 2.24) is 5.32 Å². The average Bonchev–Trinajstić information content (AvgIpc) is 2.27. The summed E-state index contributed by atoms with van der Waals surface area (Å²) in [6.07, 6.45) is 3.46. The fraction of sp³-hybridized carbons (Fsp3) is 0.846. The fourth-order valence-corrected chi connectivity index (χ4v) is 2.21. The van der Waals surface area contributed by atoms with E-state index in [0.717, 1.165) is 25.7 Å². The van der Waals surface area contributed by atoms with Crippen LogP contribution in [0, 0.1) is 11.3 Å². The van der Waals surface area contributed by atoms with E-state index in [1.165, 1.54) is 13.8 Å². The van der Waals surface area contributed by atoms with Crippen LogP contribution in [0.15, 0.2) is 0 Å². The molecule has 2 unspecified atom stereocenters. The van der Waals surface area contributed by atoms with Crippen molar-refractivity contribution in [2.45, 2.75) is 52.1 Å². The van der Waals surface area contributed by atoms with Crippen LogP contribution in [0.2, 0.25) is 0 Å². The van der Waals surface area contributed by atoms with Crippen molar-refractivity contribution in [1.29, 1.82) is 0 Å². The van der Waals surface area contributed by atoms with Gasteiger partial charge in [-0.25, -0.2) is 0 Å². The standard InChI is InChI=1S/C13H23NO4/c1-13(2,12(17)18)7-11(16)14-8-9-5-3-4-6-10(9)15/h9-10,15H,3-8H2,1-2H3,(H,14,16)(H,17,18). The van der Waals surface area contributed by atoms with E-state index < -0.39 is 11.4 Å². The molecule has 3 N–H and O–H groups in total. The molecule has 0 radical (unpaired) electrons. The summed E-state index contributed by atoms with van der Waals surface area (Å²) in [4.78, 5) is 22.6. The molecular weight excluding hydrogens is 234 g/mol. The van der Waals surface area contributed by atoms with Gasteiger partial charge < -0.3 is 15.5 Å². The van der Waals surface area contributed by atoms with Crippen LogP contribution in [0.25, 0.3) is 0 Å². The summed E-state index contributed by atoms with van der Waals surface area (Å²) in [7, 11) is 0. The second-order valence-electron chi connectivity index (χ2n) is 5.78. The van der Waals surface area contributed by atoms with E-state index in [9.17, 15) is 14.7 Å². The first-order valence-corrected chi connectivity index (χ1v) is 6.51. The minimum Gasteiger partial charge on any atom is -0.481 e. The van der Waals surface area contributed by atoms with Crippen molar-refractivity contribution in [2.24, 2.45) is 11.3 Å². The minimum atomic E-state index is -1.05.